The van der Waals surface area contributed by atoms with Crippen molar-refractivity contribution in [2.75, 3.05) is 0 Å². The standard InChI is InChI=1S/C14H16F2O2/c1-13(15,16)10-4-6-11(7-5-10)14(12(17)18)8-2-3-9-14/h4-7H,2-3,8-9H2,1H3,(H,17,18). The molecule has 0 radical (unpaired) electrons. The molecule has 0 saturated heterocycles. The van der Waals surface area contributed by atoms with Gasteiger partial charge in [-0.15, -0.1) is 0 Å². The van der Waals surface area contributed by atoms with E-state index < -0.39 is 17.3 Å². The van der Waals surface area contributed by atoms with E-state index in [1.165, 1.54) is 24.3 Å². The zero-order valence-corrected chi connectivity index (χ0v) is 10.2. The molecule has 0 amide bonds. The van der Waals surface area contributed by atoms with Crippen molar-refractivity contribution in [1.82, 2.24) is 0 Å². The zero-order valence-electron chi connectivity index (χ0n) is 10.2. The van der Waals surface area contributed by atoms with Crippen LogP contribution in [-0.2, 0) is 16.1 Å². The van der Waals surface area contributed by atoms with Crippen molar-refractivity contribution in [3.8, 4) is 0 Å². The molecule has 2 rings (SSSR count). The highest BCUT2D eigenvalue weighted by molar-refractivity contribution is 5.81. The van der Waals surface area contributed by atoms with E-state index in [4.69, 9.17) is 0 Å². The number of hydrogen-bond donors (Lipinski definition) is 1. The summed E-state index contributed by atoms with van der Waals surface area (Å²) in [6.07, 6.45) is 2.92. The van der Waals surface area contributed by atoms with Crippen LogP contribution in [0.5, 0.6) is 0 Å². The van der Waals surface area contributed by atoms with Gasteiger partial charge in [-0.3, -0.25) is 4.79 Å². The second-order valence-corrected chi connectivity index (χ2v) is 5.06. The predicted octanol–water partition coefficient (Wildman–Crippen LogP) is 3.69. The number of carbonyl (C=O) groups is 1. The fourth-order valence-corrected chi connectivity index (χ4v) is 2.69. The van der Waals surface area contributed by atoms with Crippen molar-refractivity contribution in [1.29, 1.82) is 0 Å². The highest BCUT2D eigenvalue weighted by Crippen LogP contribution is 2.42. The van der Waals surface area contributed by atoms with Crippen LogP contribution >= 0.6 is 0 Å². The van der Waals surface area contributed by atoms with Gasteiger partial charge in [0.05, 0.1) is 5.41 Å². The van der Waals surface area contributed by atoms with Gasteiger partial charge in [0.15, 0.2) is 0 Å². The Morgan fingerprint density at radius 3 is 2.11 bits per heavy atom. The van der Waals surface area contributed by atoms with Crippen molar-refractivity contribution in [2.45, 2.75) is 43.9 Å². The fourth-order valence-electron chi connectivity index (χ4n) is 2.69. The lowest BCUT2D eigenvalue weighted by atomic mass is 9.78. The SMILES string of the molecule is CC(F)(F)c1ccc(C2(C(=O)O)CCCC2)cc1. The number of rotatable bonds is 3. The van der Waals surface area contributed by atoms with E-state index in [9.17, 15) is 18.7 Å². The largest absolute Gasteiger partial charge is 0.481 e. The molecule has 2 nitrogen and oxygen atoms in total. The average Bonchev–Trinajstić information content (AvgIpc) is 2.78. The maximum absolute atomic E-state index is 13.1. The maximum Gasteiger partial charge on any atom is 0.314 e. The Morgan fingerprint density at radius 1 is 1.22 bits per heavy atom. The van der Waals surface area contributed by atoms with Crippen LogP contribution in [0, 0.1) is 0 Å². The molecule has 1 fully saturated rings. The molecular formula is C14H16F2O2. The van der Waals surface area contributed by atoms with Gasteiger partial charge in [0.25, 0.3) is 5.92 Å². The highest BCUT2D eigenvalue weighted by atomic mass is 19.3. The Bertz CT molecular complexity index is 440. The molecular weight excluding hydrogens is 238 g/mol. The van der Waals surface area contributed by atoms with Crippen LogP contribution < -0.4 is 0 Å². The molecule has 1 aliphatic rings. The minimum Gasteiger partial charge on any atom is -0.481 e. The first-order valence-corrected chi connectivity index (χ1v) is 6.08. The van der Waals surface area contributed by atoms with E-state index in [0.717, 1.165) is 19.8 Å². The highest BCUT2D eigenvalue weighted by Gasteiger charge is 2.43. The lowest BCUT2D eigenvalue weighted by Crippen LogP contribution is -2.32. The summed E-state index contributed by atoms with van der Waals surface area (Å²) >= 11 is 0. The minimum atomic E-state index is -2.88. The molecule has 0 heterocycles. The van der Waals surface area contributed by atoms with E-state index in [-0.39, 0.29) is 5.56 Å². The number of alkyl halides is 2. The van der Waals surface area contributed by atoms with Gasteiger partial charge in [0, 0.05) is 12.5 Å². The van der Waals surface area contributed by atoms with Crippen molar-refractivity contribution < 1.29 is 18.7 Å². The number of benzene rings is 1. The van der Waals surface area contributed by atoms with Crippen LogP contribution in [0.2, 0.25) is 0 Å². The third kappa shape index (κ3) is 2.11. The summed E-state index contributed by atoms with van der Waals surface area (Å²) in [6.45, 7) is 0.838. The number of carboxylic acid groups (broad SMARTS) is 1. The lowest BCUT2D eigenvalue weighted by molar-refractivity contribution is -0.143. The maximum atomic E-state index is 13.1. The Kier molecular flexibility index (Phi) is 3.13. The molecule has 0 atom stereocenters. The van der Waals surface area contributed by atoms with E-state index >= 15 is 0 Å². The Balaban J connectivity index is 2.36. The summed E-state index contributed by atoms with van der Waals surface area (Å²) in [6, 6.07) is 5.73. The summed E-state index contributed by atoms with van der Waals surface area (Å²) in [5.74, 6) is -3.74. The molecule has 0 aromatic heterocycles. The number of aliphatic carboxylic acids is 1. The third-order valence-corrected chi connectivity index (χ3v) is 3.81. The van der Waals surface area contributed by atoms with Crippen molar-refractivity contribution in [3.63, 3.8) is 0 Å². The average molecular weight is 254 g/mol. The molecule has 0 spiro atoms. The predicted molar refractivity (Wildman–Crippen MR) is 63.8 cm³/mol. The zero-order chi connectivity index (χ0) is 13.4. The molecule has 0 unspecified atom stereocenters. The monoisotopic (exact) mass is 254 g/mol. The second-order valence-electron chi connectivity index (χ2n) is 5.06. The van der Waals surface area contributed by atoms with Gasteiger partial charge in [0.2, 0.25) is 0 Å². The second kappa shape index (κ2) is 4.34. The quantitative estimate of drug-likeness (QED) is 0.893. The van der Waals surface area contributed by atoms with Crippen LogP contribution in [0.1, 0.15) is 43.7 Å². The van der Waals surface area contributed by atoms with Crippen LogP contribution in [-0.4, -0.2) is 11.1 Å². The Hall–Kier alpha value is -1.45. The summed E-state index contributed by atoms with van der Waals surface area (Å²) in [4.78, 5) is 11.5. The molecule has 1 aliphatic carbocycles. The van der Waals surface area contributed by atoms with Gasteiger partial charge < -0.3 is 5.11 Å². The first-order valence-electron chi connectivity index (χ1n) is 6.08. The Morgan fingerprint density at radius 2 is 1.72 bits per heavy atom. The molecule has 0 bridgehead atoms. The van der Waals surface area contributed by atoms with Crippen molar-refractivity contribution in [2.24, 2.45) is 0 Å². The molecule has 0 aliphatic heterocycles. The van der Waals surface area contributed by atoms with Gasteiger partial charge in [-0.25, -0.2) is 8.78 Å². The molecule has 18 heavy (non-hydrogen) atoms. The minimum absolute atomic E-state index is 0.0789. The fraction of sp³-hybridized carbons (Fsp3) is 0.500. The smallest absolute Gasteiger partial charge is 0.314 e. The van der Waals surface area contributed by atoms with E-state index in [1.54, 1.807) is 0 Å². The van der Waals surface area contributed by atoms with Crippen molar-refractivity contribution >= 4 is 5.97 Å². The van der Waals surface area contributed by atoms with E-state index in [1.807, 2.05) is 0 Å². The van der Waals surface area contributed by atoms with E-state index in [0.29, 0.717) is 18.4 Å². The third-order valence-electron chi connectivity index (χ3n) is 3.81. The summed E-state index contributed by atoms with van der Waals surface area (Å²) in [5.41, 5.74) is -0.313. The molecule has 1 aromatic carbocycles. The molecule has 4 heteroatoms. The van der Waals surface area contributed by atoms with Crippen LogP contribution in [0.15, 0.2) is 24.3 Å². The number of carboxylic acids is 1. The van der Waals surface area contributed by atoms with Gasteiger partial charge in [-0.05, 0) is 18.4 Å². The topological polar surface area (TPSA) is 37.3 Å². The first kappa shape index (κ1) is 13.0. The number of hydrogen-bond acceptors (Lipinski definition) is 1. The van der Waals surface area contributed by atoms with Crippen molar-refractivity contribution in [3.05, 3.63) is 35.4 Å². The summed E-state index contributed by atoms with van der Waals surface area (Å²) < 4.78 is 26.2. The van der Waals surface area contributed by atoms with Gasteiger partial charge >= 0.3 is 5.97 Å². The van der Waals surface area contributed by atoms with Gasteiger partial charge in [-0.1, -0.05) is 37.1 Å². The van der Waals surface area contributed by atoms with Gasteiger partial charge in [-0.2, -0.15) is 0 Å². The van der Waals surface area contributed by atoms with Gasteiger partial charge in [0.1, 0.15) is 0 Å². The van der Waals surface area contributed by atoms with Crippen LogP contribution in [0.25, 0.3) is 0 Å². The van der Waals surface area contributed by atoms with Crippen LogP contribution in [0.3, 0.4) is 0 Å². The summed E-state index contributed by atoms with van der Waals surface area (Å²) in [5, 5.41) is 9.40. The van der Waals surface area contributed by atoms with Crippen LogP contribution in [0.4, 0.5) is 8.78 Å². The normalized spacial score (nSPS) is 18.8. The van der Waals surface area contributed by atoms with E-state index in [2.05, 4.69) is 0 Å². The first-order chi connectivity index (χ1) is 8.36. The Labute approximate surface area is 105 Å². The molecule has 98 valence electrons. The molecule has 1 N–H and O–H groups in total. The number of halogens is 2. The molecule has 1 saturated carbocycles. The molecule has 1 aromatic rings. The lowest BCUT2D eigenvalue weighted by Gasteiger charge is -2.25. The summed E-state index contributed by atoms with van der Waals surface area (Å²) in [7, 11) is 0.